The number of rotatable bonds is 5. The number of methoxy groups -OCH3 is 1. The summed E-state index contributed by atoms with van der Waals surface area (Å²) in [4.78, 5) is 2.57. The van der Waals surface area contributed by atoms with E-state index in [2.05, 4.69) is 43.0 Å². The Kier molecular flexibility index (Phi) is 5.80. The third-order valence-corrected chi connectivity index (χ3v) is 4.71. The van der Waals surface area contributed by atoms with Gasteiger partial charge in [0, 0.05) is 19.7 Å². The zero-order valence-electron chi connectivity index (χ0n) is 13.8. The molecule has 118 valence electrons. The van der Waals surface area contributed by atoms with E-state index < -0.39 is 0 Å². The Morgan fingerprint density at radius 3 is 2.52 bits per heavy atom. The molecular weight excluding hydrogens is 260 g/mol. The van der Waals surface area contributed by atoms with Gasteiger partial charge in [-0.2, -0.15) is 0 Å². The van der Waals surface area contributed by atoms with Crippen LogP contribution in [0.15, 0.2) is 24.3 Å². The van der Waals surface area contributed by atoms with E-state index in [0.29, 0.717) is 24.6 Å². The highest BCUT2D eigenvalue weighted by Crippen LogP contribution is 2.32. The second kappa shape index (κ2) is 7.39. The van der Waals surface area contributed by atoms with Crippen molar-refractivity contribution in [2.45, 2.75) is 45.8 Å². The van der Waals surface area contributed by atoms with E-state index >= 15 is 0 Å². The van der Waals surface area contributed by atoms with Crippen molar-refractivity contribution < 1.29 is 4.74 Å². The van der Waals surface area contributed by atoms with E-state index in [1.807, 2.05) is 0 Å². The molecule has 2 N–H and O–H groups in total. The Morgan fingerprint density at radius 1 is 1.19 bits per heavy atom. The Hall–Kier alpha value is -0.900. The zero-order chi connectivity index (χ0) is 15.3. The summed E-state index contributed by atoms with van der Waals surface area (Å²) in [6, 6.07) is 9.08. The van der Waals surface area contributed by atoms with Crippen molar-refractivity contribution in [2.24, 2.45) is 11.1 Å². The lowest BCUT2D eigenvalue weighted by Gasteiger charge is -2.31. The van der Waals surface area contributed by atoms with Crippen LogP contribution in [0.4, 0.5) is 0 Å². The molecule has 1 atom stereocenters. The van der Waals surface area contributed by atoms with Gasteiger partial charge in [-0.3, -0.25) is 4.90 Å². The molecule has 3 heteroatoms. The Bertz CT molecular complexity index is 427. The van der Waals surface area contributed by atoms with Crippen LogP contribution in [0.3, 0.4) is 0 Å². The molecule has 0 bridgehead atoms. The van der Waals surface area contributed by atoms with Crippen LogP contribution in [0.2, 0.25) is 0 Å². The lowest BCUT2D eigenvalue weighted by atomic mass is 9.85. The van der Waals surface area contributed by atoms with Crippen molar-refractivity contribution in [3.8, 4) is 0 Å². The third-order valence-electron chi connectivity index (χ3n) is 4.71. The van der Waals surface area contributed by atoms with E-state index in [1.165, 1.54) is 30.4 Å². The molecule has 1 aliphatic heterocycles. The summed E-state index contributed by atoms with van der Waals surface area (Å²) in [6.45, 7) is 8.43. The molecule has 0 spiro atoms. The molecule has 1 saturated heterocycles. The molecule has 3 nitrogen and oxygen atoms in total. The minimum Gasteiger partial charge on any atom is -0.380 e. The highest BCUT2D eigenvalue weighted by atomic mass is 16.5. The fourth-order valence-electron chi connectivity index (χ4n) is 3.25. The highest BCUT2D eigenvalue weighted by Gasteiger charge is 2.27. The first kappa shape index (κ1) is 16.5. The van der Waals surface area contributed by atoms with Crippen molar-refractivity contribution in [1.82, 2.24) is 4.90 Å². The summed E-state index contributed by atoms with van der Waals surface area (Å²) >= 11 is 0. The van der Waals surface area contributed by atoms with Gasteiger partial charge in [0.2, 0.25) is 0 Å². The molecule has 21 heavy (non-hydrogen) atoms. The second-order valence-corrected chi connectivity index (χ2v) is 6.98. The molecule has 0 aliphatic carbocycles. The van der Waals surface area contributed by atoms with Crippen molar-refractivity contribution in [2.75, 3.05) is 26.7 Å². The summed E-state index contributed by atoms with van der Waals surface area (Å²) in [6.07, 6.45) is 3.84. The topological polar surface area (TPSA) is 38.5 Å². The molecular formula is C18H30N2O. The third kappa shape index (κ3) is 4.53. The second-order valence-electron chi connectivity index (χ2n) is 6.98. The molecule has 1 fully saturated rings. The Balaban J connectivity index is 2.07. The molecule has 1 unspecified atom stereocenters. The van der Waals surface area contributed by atoms with Crippen LogP contribution >= 0.6 is 0 Å². The van der Waals surface area contributed by atoms with Gasteiger partial charge in [-0.25, -0.2) is 0 Å². The Labute approximate surface area is 129 Å². The molecule has 0 amide bonds. The fraction of sp³-hybridized carbons (Fsp3) is 0.667. The van der Waals surface area contributed by atoms with Gasteiger partial charge in [-0.15, -0.1) is 0 Å². The number of benzene rings is 1. The summed E-state index contributed by atoms with van der Waals surface area (Å²) in [5.74, 6) is 0. The first-order valence-corrected chi connectivity index (χ1v) is 8.07. The van der Waals surface area contributed by atoms with Crippen LogP contribution in [0.5, 0.6) is 0 Å². The van der Waals surface area contributed by atoms with E-state index in [1.54, 1.807) is 7.11 Å². The van der Waals surface area contributed by atoms with Gasteiger partial charge in [-0.05, 0) is 48.9 Å². The van der Waals surface area contributed by atoms with Gasteiger partial charge in [-0.1, -0.05) is 38.1 Å². The molecule has 1 aromatic carbocycles. The molecule has 2 rings (SSSR count). The summed E-state index contributed by atoms with van der Waals surface area (Å²) in [7, 11) is 1.73. The number of nitrogens with zero attached hydrogens (tertiary/aromatic N) is 1. The van der Waals surface area contributed by atoms with Crippen molar-refractivity contribution >= 4 is 0 Å². The van der Waals surface area contributed by atoms with Crippen molar-refractivity contribution in [3.05, 3.63) is 35.4 Å². The molecule has 1 aromatic rings. The molecule has 0 radical (unpaired) electrons. The Morgan fingerprint density at radius 2 is 1.90 bits per heavy atom. The maximum absolute atomic E-state index is 6.08. The van der Waals surface area contributed by atoms with Gasteiger partial charge in [0.1, 0.15) is 0 Å². The van der Waals surface area contributed by atoms with Crippen LogP contribution in [-0.4, -0.2) is 31.6 Å². The number of likely N-dealkylation sites (tertiary alicyclic amines) is 1. The minimum absolute atomic E-state index is 0.343. The van der Waals surface area contributed by atoms with Crippen LogP contribution in [0.1, 0.15) is 50.3 Å². The predicted octanol–water partition coefficient (Wildman–Crippen LogP) is 3.34. The van der Waals surface area contributed by atoms with Crippen molar-refractivity contribution in [3.63, 3.8) is 0 Å². The van der Waals surface area contributed by atoms with Crippen LogP contribution in [-0.2, 0) is 11.3 Å². The quantitative estimate of drug-likeness (QED) is 0.904. The first-order chi connectivity index (χ1) is 10.1. The van der Waals surface area contributed by atoms with E-state index in [4.69, 9.17) is 10.5 Å². The predicted molar refractivity (Wildman–Crippen MR) is 88.2 cm³/mol. The fourth-order valence-corrected chi connectivity index (χ4v) is 3.25. The van der Waals surface area contributed by atoms with Crippen LogP contribution in [0, 0.1) is 5.41 Å². The maximum Gasteiger partial charge on any atom is 0.0713 e. The monoisotopic (exact) mass is 290 g/mol. The number of hydrogen-bond acceptors (Lipinski definition) is 3. The normalized spacial score (nSPS) is 21.0. The average Bonchev–Trinajstić information content (AvgIpc) is 2.63. The molecule has 1 heterocycles. The van der Waals surface area contributed by atoms with Gasteiger partial charge in [0.15, 0.2) is 0 Å². The van der Waals surface area contributed by atoms with Gasteiger partial charge < -0.3 is 10.5 Å². The lowest BCUT2D eigenvalue weighted by molar-refractivity contribution is 0.184. The number of hydrogen-bond donors (Lipinski definition) is 1. The van der Waals surface area contributed by atoms with Crippen molar-refractivity contribution in [1.29, 1.82) is 0 Å². The number of nitrogens with two attached hydrogens (primary N) is 1. The van der Waals surface area contributed by atoms with Crippen LogP contribution in [0.25, 0.3) is 0 Å². The zero-order valence-corrected chi connectivity index (χ0v) is 13.8. The van der Waals surface area contributed by atoms with Gasteiger partial charge in [0.05, 0.1) is 6.61 Å². The van der Waals surface area contributed by atoms with E-state index in [0.717, 1.165) is 13.1 Å². The van der Waals surface area contributed by atoms with Crippen LogP contribution < -0.4 is 5.73 Å². The summed E-state index contributed by atoms with van der Waals surface area (Å²) in [5, 5.41) is 0. The average molecular weight is 290 g/mol. The summed E-state index contributed by atoms with van der Waals surface area (Å²) in [5.41, 5.74) is 9.10. The lowest BCUT2D eigenvalue weighted by Crippen LogP contribution is -2.35. The standard InChI is InChI=1S/C18H30N2O/c1-18(2)9-4-11-20(12-10-18)17(13-19)16-7-5-15(6-8-16)14-21-3/h5-8,17H,4,9-14,19H2,1-3H3. The molecule has 0 saturated carbocycles. The van der Waals surface area contributed by atoms with E-state index in [-0.39, 0.29) is 0 Å². The highest BCUT2D eigenvalue weighted by molar-refractivity contribution is 5.25. The van der Waals surface area contributed by atoms with Gasteiger partial charge in [0.25, 0.3) is 0 Å². The number of ether oxygens (including phenoxy) is 1. The SMILES string of the molecule is COCc1ccc(C(CN)N2CCCC(C)(C)CC2)cc1. The summed E-state index contributed by atoms with van der Waals surface area (Å²) < 4.78 is 5.18. The largest absolute Gasteiger partial charge is 0.380 e. The molecule has 1 aliphatic rings. The van der Waals surface area contributed by atoms with E-state index in [9.17, 15) is 0 Å². The molecule has 0 aromatic heterocycles. The minimum atomic E-state index is 0.343. The maximum atomic E-state index is 6.08. The smallest absolute Gasteiger partial charge is 0.0713 e. The van der Waals surface area contributed by atoms with Gasteiger partial charge >= 0.3 is 0 Å². The first-order valence-electron chi connectivity index (χ1n) is 8.07.